The van der Waals surface area contributed by atoms with Gasteiger partial charge < -0.3 is 19.7 Å². The highest BCUT2D eigenvalue weighted by molar-refractivity contribution is 5.97. The number of anilines is 2. The summed E-state index contributed by atoms with van der Waals surface area (Å²) in [5.41, 5.74) is 3.54. The van der Waals surface area contributed by atoms with E-state index in [-0.39, 0.29) is 24.0 Å². The SMILES string of the molecule is CCN1C(=O)CCc2cc(NC(=O)COc3cccc4c3OC(C)(C)C4)ccc21. The van der Waals surface area contributed by atoms with E-state index in [1.54, 1.807) is 4.90 Å². The smallest absolute Gasteiger partial charge is 0.262 e. The van der Waals surface area contributed by atoms with Gasteiger partial charge in [-0.05, 0) is 57.0 Å². The van der Waals surface area contributed by atoms with E-state index in [9.17, 15) is 9.59 Å². The van der Waals surface area contributed by atoms with Gasteiger partial charge >= 0.3 is 0 Å². The summed E-state index contributed by atoms with van der Waals surface area (Å²) in [6.07, 6.45) is 2.00. The molecule has 0 aliphatic carbocycles. The van der Waals surface area contributed by atoms with Gasteiger partial charge in [0.05, 0.1) is 0 Å². The number of hydrogen-bond donors (Lipinski definition) is 1. The first kappa shape index (κ1) is 19.3. The normalized spacial score (nSPS) is 16.7. The van der Waals surface area contributed by atoms with E-state index < -0.39 is 0 Å². The Balaban J connectivity index is 1.41. The standard InChI is InChI=1S/C23H26N2O4/c1-4-25-18-10-9-17(12-15(18)8-11-21(25)27)24-20(26)14-28-19-7-5-6-16-13-23(2,3)29-22(16)19/h5-7,9-10,12H,4,8,11,13-14H2,1-3H3,(H,24,26). The molecule has 1 N–H and O–H groups in total. The molecule has 0 atom stereocenters. The Hall–Kier alpha value is -3.02. The van der Waals surface area contributed by atoms with Crippen LogP contribution in [0, 0.1) is 0 Å². The van der Waals surface area contributed by atoms with E-state index >= 15 is 0 Å². The topological polar surface area (TPSA) is 67.9 Å². The molecule has 0 bridgehead atoms. The number of hydrogen-bond acceptors (Lipinski definition) is 4. The fourth-order valence-electron chi connectivity index (χ4n) is 4.03. The quantitative estimate of drug-likeness (QED) is 0.839. The number of carbonyl (C=O) groups is 2. The molecule has 6 nitrogen and oxygen atoms in total. The molecular weight excluding hydrogens is 368 g/mol. The van der Waals surface area contributed by atoms with Crippen molar-refractivity contribution in [2.75, 3.05) is 23.4 Å². The molecule has 4 rings (SSSR count). The molecule has 0 radical (unpaired) electrons. The third-order valence-electron chi connectivity index (χ3n) is 5.29. The number of para-hydroxylation sites is 1. The van der Waals surface area contributed by atoms with Crippen LogP contribution in [0.1, 0.15) is 38.3 Å². The number of fused-ring (bicyclic) bond motifs is 2. The molecule has 2 aliphatic rings. The van der Waals surface area contributed by atoms with Crippen LogP contribution in [-0.2, 0) is 22.4 Å². The summed E-state index contributed by atoms with van der Waals surface area (Å²) in [5.74, 6) is 1.22. The Labute approximate surface area is 170 Å². The number of nitrogens with zero attached hydrogens (tertiary/aromatic N) is 1. The van der Waals surface area contributed by atoms with Gasteiger partial charge in [0.2, 0.25) is 5.91 Å². The van der Waals surface area contributed by atoms with Crippen molar-refractivity contribution >= 4 is 23.2 Å². The number of rotatable bonds is 5. The first-order valence-electron chi connectivity index (χ1n) is 10.0. The van der Waals surface area contributed by atoms with Gasteiger partial charge in [-0.2, -0.15) is 0 Å². The Morgan fingerprint density at radius 2 is 2.03 bits per heavy atom. The molecule has 2 aromatic carbocycles. The minimum Gasteiger partial charge on any atom is -0.483 e. The molecule has 2 aliphatic heterocycles. The second kappa shape index (κ2) is 7.43. The molecule has 29 heavy (non-hydrogen) atoms. The van der Waals surface area contributed by atoms with Gasteiger partial charge in [-0.3, -0.25) is 9.59 Å². The molecule has 152 valence electrons. The van der Waals surface area contributed by atoms with Gasteiger partial charge in [0.1, 0.15) is 5.60 Å². The number of carbonyl (C=O) groups excluding carboxylic acids is 2. The van der Waals surface area contributed by atoms with E-state index in [0.717, 1.165) is 29.0 Å². The van der Waals surface area contributed by atoms with Crippen LogP contribution in [0.3, 0.4) is 0 Å². The number of nitrogens with one attached hydrogen (secondary N) is 1. The molecule has 0 saturated carbocycles. The Bertz CT molecular complexity index is 967. The first-order valence-corrected chi connectivity index (χ1v) is 10.0. The molecule has 0 aromatic heterocycles. The third-order valence-corrected chi connectivity index (χ3v) is 5.29. The number of ether oxygens (including phenoxy) is 2. The minimum absolute atomic E-state index is 0.100. The second-order valence-corrected chi connectivity index (χ2v) is 8.10. The number of amides is 2. The third kappa shape index (κ3) is 3.92. The van der Waals surface area contributed by atoms with Crippen LogP contribution < -0.4 is 19.7 Å². The Kier molecular flexibility index (Phi) is 4.94. The van der Waals surface area contributed by atoms with Gasteiger partial charge in [-0.25, -0.2) is 0 Å². The van der Waals surface area contributed by atoms with Crippen molar-refractivity contribution in [2.45, 2.75) is 45.6 Å². The highest BCUT2D eigenvalue weighted by Gasteiger charge is 2.32. The summed E-state index contributed by atoms with van der Waals surface area (Å²) in [4.78, 5) is 26.2. The highest BCUT2D eigenvalue weighted by Crippen LogP contribution is 2.41. The van der Waals surface area contributed by atoms with E-state index in [4.69, 9.17) is 9.47 Å². The van der Waals surface area contributed by atoms with E-state index in [1.807, 2.05) is 57.2 Å². The summed E-state index contributed by atoms with van der Waals surface area (Å²) in [5, 5.41) is 2.88. The molecule has 0 spiro atoms. The lowest BCUT2D eigenvalue weighted by Crippen LogP contribution is -2.34. The van der Waals surface area contributed by atoms with Crippen LogP contribution in [0.15, 0.2) is 36.4 Å². The van der Waals surface area contributed by atoms with Crippen molar-refractivity contribution in [2.24, 2.45) is 0 Å². The van der Waals surface area contributed by atoms with Gasteiger partial charge in [0, 0.05) is 36.3 Å². The fraction of sp³-hybridized carbons (Fsp3) is 0.391. The lowest BCUT2D eigenvalue weighted by atomic mass is 10.0. The van der Waals surface area contributed by atoms with Crippen LogP contribution in [0.25, 0.3) is 0 Å². The summed E-state index contributed by atoms with van der Waals surface area (Å²) in [6.45, 7) is 6.58. The van der Waals surface area contributed by atoms with Crippen LogP contribution >= 0.6 is 0 Å². The van der Waals surface area contributed by atoms with Crippen molar-refractivity contribution in [3.05, 3.63) is 47.5 Å². The summed E-state index contributed by atoms with van der Waals surface area (Å²) < 4.78 is 11.7. The van der Waals surface area contributed by atoms with Crippen LogP contribution in [-0.4, -0.2) is 30.6 Å². The molecule has 2 amide bonds. The molecule has 0 saturated heterocycles. The van der Waals surface area contributed by atoms with Crippen molar-refractivity contribution in [1.29, 1.82) is 0 Å². The maximum absolute atomic E-state index is 12.4. The predicted octanol–water partition coefficient (Wildman–Crippen LogP) is 3.72. The summed E-state index contributed by atoms with van der Waals surface area (Å²) >= 11 is 0. The van der Waals surface area contributed by atoms with Gasteiger partial charge in [0.25, 0.3) is 5.91 Å². The van der Waals surface area contributed by atoms with Crippen molar-refractivity contribution in [3.8, 4) is 11.5 Å². The zero-order chi connectivity index (χ0) is 20.6. The van der Waals surface area contributed by atoms with E-state index in [0.29, 0.717) is 30.8 Å². The van der Waals surface area contributed by atoms with Crippen molar-refractivity contribution in [3.63, 3.8) is 0 Å². The Morgan fingerprint density at radius 3 is 2.83 bits per heavy atom. The average molecular weight is 394 g/mol. The van der Waals surface area contributed by atoms with Crippen LogP contribution in [0.4, 0.5) is 11.4 Å². The second-order valence-electron chi connectivity index (χ2n) is 8.10. The van der Waals surface area contributed by atoms with E-state index in [1.165, 1.54) is 0 Å². The number of aryl methyl sites for hydroxylation is 1. The lowest BCUT2D eigenvalue weighted by molar-refractivity contribution is -0.119. The van der Waals surface area contributed by atoms with Gasteiger partial charge in [-0.15, -0.1) is 0 Å². The molecule has 0 unspecified atom stereocenters. The average Bonchev–Trinajstić information content (AvgIpc) is 3.00. The minimum atomic E-state index is -0.263. The van der Waals surface area contributed by atoms with Crippen molar-refractivity contribution < 1.29 is 19.1 Å². The van der Waals surface area contributed by atoms with Crippen LogP contribution in [0.5, 0.6) is 11.5 Å². The van der Waals surface area contributed by atoms with Crippen molar-refractivity contribution in [1.82, 2.24) is 0 Å². The van der Waals surface area contributed by atoms with Crippen LogP contribution in [0.2, 0.25) is 0 Å². The maximum atomic E-state index is 12.4. The van der Waals surface area contributed by atoms with E-state index in [2.05, 4.69) is 5.32 Å². The lowest BCUT2D eigenvalue weighted by Gasteiger charge is -2.28. The first-order chi connectivity index (χ1) is 13.9. The number of benzene rings is 2. The molecule has 2 aromatic rings. The van der Waals surface area contributed by atoms with Gasteiger partial charge in [-0.1, -0.05) is 12.1 Å². The molecule has 6 heteroatoms. The monoisotopic (exact) mass is 394 g/mol. The largest absolute Gasteiger partial charge is 0.483 e. The van der Waals surface area contributed by atoms with Gasteiger partial charge in [0.15, 0.2) is 18.1 Å². The maximum Gasteiger partial charge on any atom is 0.262 e. The molecule has 2 heterocycles. The highest BCUT2D eigenvalue weighted by atomic mass is 16.5. The summed E-state index contributed by atoms with van der Waals surface area (Å²) in [6, 6.07) is 11.4. The zero-order valence-corrected chi connectivity index (χ0v) is 17.1. The zero-order valence-electron chi connectivity index (χ0n) is 17.1. The molecular formula is C23H26N2O4. The predicted molar refractivity (Wildman–Crippen MR) is 112 cm³/mol. The summed E-state index contributed by atoms with van der Waals surface area (Å²) in [7, 11) is 0. The fourth-order valence-corrected chi connectivity index (χ4v) is 4.03. The Morgan fingerprint density at radius 1 is 1.21 bits per heavy atom. The molecule has 0 fully saturated rings.